The summed E-state index contributed by atoms with van der Waals surface area (Å²) in [4.78, 5) is 26.8. The lowest BCUT2D eigenvalue weighted by Crippen LogP contribution is -2.49. The molecule has 2 amide bonds. The highest BCUT2D eigenvalue weighted by molar-refractivity contribution is 5.95. The van der Waals surface area contributed by atoms with E-state index in [0.717, 1.165) is 5.56 Å². The van der Waals surface area contributed by atoms with Gasteiger partial charge in [-0.2, -0.15) is 0 Å². The number of nitrogens with zero attached hydrogens (tertiary/aromatic N) is 1. The largest absolute Gasteiger partial charge is 0.447 e. The zero-order valence-electron chi connectivity index (χ0n) is 15.1. The van der Waals surface area contributed by atoms with E-state index in [1.165, 1.54) is 4.90 Å². The molecule has 0 unspecified atom stereocenters. The second-order valence-electron chi connectivity index (χ2n) is 7.56. The lowest BCUT2D eigenvalue weighted by molar-refractivity contribution is -0.195. The first-order valence-corrected chi connectivity index (χ1v) is 9.40. The molecule has 3 aliphatic rings. The minimum atomic E-state index is -0.523. The zero-order valence-corrected chi connectivity index (χ0v) is 15.1. The van der Waals surface area contributed by atoms with Gasteiger partial charge >= 0.3 is 6.09 Å². The van der Waals surface area contributed by atoms with Crippen LogP contribution < -0.4 is 0 Å². The summed E-state index contributed by atoms with van der Waals surface area (Å²) in [6.45, 7) is 3.53. The van der Waals surface area contributed by atoms with E-state index in [4.69, 9.17) is 14.2 Å². The second-order valence-corrected chi connectivity index (χ2v) is 7.56. The van der Waals surface area contributed by atoms with Gasteiger partial charge in [0.05, 0.1) is 19.3 Å². The van der Waals surface area contributed by atoms with E-state index >= 15 is 0 Å². The zero-order chi connectivity index (χ0) is 18.1. The smallest absolute Gasteiger partial charge is 0.416 e. The summed E-state index contributed by atoms with van der Waals surface area (Å²) in [5, 5.41) is 0. The molecule has 140 valence electrons. The highest BCUT2D eigenvalue weighted by Crippen LogP contribution is 2.42. The van der Waals surface area contributed by atoms with Crippen molar-refractivity contribution in [3.05, 3.63) is 35.9 Å². The third kappa shape index (κ3) is 3.23. The van der Waals surface area contributed by atoms with Crippen LogP contribution in [-0.2, 0) is 25.4 Å². The van der Waals surface area contributed by atoms with Gasteiger partial charge in [-0.1, -0.05) is 37.3 Å². The summed E-state index contributed by atoms with van der Waals surface area (Å²) in [7, 11) is 0. The Morgan fingerprint density at radius 1 is 1.23 bits per heavy atom. The topological polar surface area (TPSA) is 65.1 Å². The molecule has 0 N–H and O–H groups in total. The quantitative estimate of drug-likeness (QED) is 0.830. The fourth-order valence-corrected chi connectivity index (χ4v) is 4.47. The average molecular weight is 359 g/mol. The molecule has 1 spiro atoms. The molecule has 2 aliphatic heterocycles. The Morgan fingerprint density at radius 3 is 2.65 bits per heavy atom. The number of cyclic esters (lactones) is 1. The van der Waals surface area contributed by atoms with E-state index in [9.17, 15) is 9.59 Å². The molecule has 1 aromatic rings. The molecule has 1 saturated carbocycles. The molecule has 0 aromatic heterocycles. The molecule has 1 aliphatic carbocycles. The van der Waals surface area contributed by atoms with Crippen molar-refractivity contribution >= 4 is 12.0 Å². The first kappa shape index (κ1) is 17.5. The number of ether oxygens (including phenoxy) is 3. The van der Waals surface area contributed by atoms with Crippen LogP contribution in [0.4, 0.5) is 4.79 Å². The van der Waals surface area contributed by atoms with E-state index in [2.05, 4.69) is 0 Å². The standard InChI is InChI=1S/C20H25NO5/c1-14-12-20(25-9-10-26-20)8-7-17(14)18(22)21-16(13-24-19(21)23)11-15-5-3-2-4-6-15/h2-6,14,16-17H,7-13H2,1H3/t14-,16-,17-/m1/s1. The molecular formula is C20H25NO5. The van der Waals surface area contributed by atoms with Gasteiger partial charge in [0.1, 0.15) is 6.61 Å². The summed E-state index contributed by atoms with van der Waals surface area (Å²) in [5.41, 5.74) is 1.09. The predicted octanol–water partition coefficient (Wildman–Crippen LogP) is 2.76. The molecule has 3 fully saturated rings. The third-order valence-electron chi connectivity index (χ3n) is 5.80. The molecular weight excluding hydrogens is 334 g/mol. The van der Waals surface area contributed by atoms with Crippen LogP contribution >= 0.6 is 0 Å². The maximum atomic E-state index is 13.2. The van der Waals surface area contributed by atoms with Gasteiger partial charge in [-0.25, -0.2) is 9.69 Å². The third-order valence-corrected chi connectivity index (χ3v) is 5.80. The van der Waals surface area contributed by atoms with Gasteiger partial charge in [-0.15, -0.1) is 0 Å². The van der Waals surface area contributed by atoms with Crippen LogP contribution in [0.25, 0.3) is 0 Å². The molecule has 6 nitrogen and oxygen atoms in total. The molecule has 26 heavy (non-hydrogen) atoms. The Hall–Kier alpha value is -1.92. The first-order chi connectivity index (χ1) is 12.6. The Balaban J connectivity index is 1.46. The second kappa shape index (κ2) is 7.00. The van der Waals surface area contributed by atoms with Crippen molar-refractivity contribution in [3.8, 4) is 0 Å². The van der Waals surface area contributed by atoms with Crippen LogP contribution in [0.5, 0.6) is 0 Å². The Kier molecular flexibility index (Phi) is 4.71. The molecule has 2 heterocycles. The fourth-order valence-electron chi connectivity index (χ4n) is 4.47. The molecule has 0 radical (unpaired) electrons. The lowest BCUT2D eigenvalue weighted by atomic mass is 9.76. The van der Waals surface area contributed by atoms with Crippen molar-refractivity contribution in [2.24, 2.45) is 11.8 Å². The van der Waals surface area contributed by atoms with Crippen molar-refractivity contribution < 1.29 is 23.8 Å². The number of rotatable bonds is 3. The molecule has 2 saturated heterocycles. The number of hydrogen-bond donors (Lipinski definition) is 0. The summed E-state index contributed by atoms with van der Waals surface area (Å²) in [5.74, 6) is -0.739. The van der Waals surface area contributed by atoms with E-state index < -0.39 is 11.9 Å². The Labute approximate surface area is 153 Å². The Morgan fingerprint density at radius 2 is 1.96 bits per heavy atom. The van der Waals surface area contributed by atoms with Crippen LogP contribution in [0.1, 0.15) is 31.7 Å². The average Bonchev–Trinajstić information content (AvgIpc) is 3.22. The van der Waals surface area contributed by atoms with Crippen LogP contribution in [0.15, 0.2) is 30.3 Å². The monoisotopic (exact) mass is 359 g/mol. The van der Waals surface area contributed by atoms with Crippen molar-refractivity contribution in [1.82, 2.24) is 4.90 Å². The molecule has 1 aromatic carbocycles. The summed E-state index contributed by atoms with van der Waals surface area (Å²) in [6.07, 6.45) is 2.16. The summed E-state index contributed by atoms with van der Waals surface area (Å²) in [6, 6.07) is 9.65. The SMILES string of the molecule is C[C@@H]1CC2(CC[C@H]1C(=O)N1C(=O)OC[C@H]1Cc1ccccc1)OCCO2. The number of hydrogen-bond acceptors (Lipinski definition) is 5. The highest BCUT2D eigenvalue weighted by Gasteiger charge is 2.49. The van der Waals surface area contributed by atoms with Gasteiger partial charge in [0.2, 0.25) is 5.91 Å². The van der Waals surface area contributed by atoms with Crippen LogP contribution in [-0.4, -0.2) is 48.5 Å². The minimum absolute atomic E-state index is 0.0973. The van der Waals surface area contributed by atoms with Gasteiger partial charge in [0, 0.05) is 18.8 Å². The number of imide groups is 1. The molecule has 4 rings (SSSR count). The number of carbonyl (C=O) groups excluding carboxylic acids is 2. The Bertz CT molecular complexity index is 670. The van der Waals surface area contributed by atoms with Gasteiger partial charge in [-0.05, 0) is 24.3 Å². The number of carbonyl (C=O) groups is 2. The van der Waals surface area contributed by atoms with E-state index in [1.807, 2.05) is 37.3 Å². The highest BCUT2D eigenvalue weighted by atomic mass is 16.7. The molecule has 3 atom stereocenters. The van der Waals surface area contributed by atoms with Gasteiger partial charge in [-0.3, -0.25) is 4.79 Å². The van der Waals surface area contributed by atoms with Gasteiger partial charge in [0.25, 0.3) is 0 Å². The minimum Gasteiger partial charge on any atom is -0.447 e. The van der Waals surface area contributed by atoms with Gasteiger partial charge < -0.3 is 14.2 Å². The van der Waals surface area contributed by atoms with Gasteiger partial charge in [0.15, 0.2) is 5.79 Å². The lowest BCUT2D eigenvalue weighted by Gasteiger charge is -2.40. The molecule has 0 bridgehead atoms. The maximum absolute atomic E-state index is 13.2. The van der Waals surface area contributed by atoms with Crippen molar-refractivity contribution in [3.63, 3.8) is 0 Å². The molecule has 6 heteroatoms. The predicted molar refractivity (Wildman–Crippen MR) is 93.3 cm³/mol. The van der Waals surface area contributed by atoms with E-state index in [1.54, 1.807) is 0 Å². The first-order valence-electron chi connectivity index (χ1n) is 9.40. The normalized spacial score (nSPS) is 30.6. The van der Waals surface area contributed by atoms with E-state index in [0.29, 0.717) is 38.9 Å². The summed E-state index contributed by atoms with van der Waals surface area (Å²) < 4.78 is 16.8. The van der Waals surface area contributed by atoms with Crippen LogP contribution in [0, 0.1) is 11.8 Å². The van der Waals surface area contributed by atoms with Crippen LogP contribution in [0.3, 0.4) is 0 Å². The van der Waals surface area contributed by atoms with E-state index in [-0.39, 0.29) is 30.4 Å². The van der Waals surface area contributed by atoms with Crippen molar-refractivity contribution in [1.29, 1.82) is 0 Å². The van der Waals surface area contributed by atoms with Crippen molar-refractivity contribution in [2.45, 2.75) is 44.4 Å². The summed E-state index contributed by atoms with van der Waals surface area (Å²) >= 11 is 0. The maximum Gasteiger partial charge on any atom is 0.416 e. The van der Waals surface area contributed by atoms with Crippen molar-refractivity contribution in [2.75, 3.05) is 19.8 Å². The fraction of sp³-hybridized carbons (Fsp3) is 0.600. The number of benzene rings is 1. The number of amides is 2. The van der Waals surface area contributed by atoms with Crippen LogP contribution in [0.2, 0.25) is 0 Å².